The summed E-state index contributed by atoms with van der Waals surface area (Å²) in [4.78, 5) is 12.0. The molecule has 0 aromatic carbocycles. The number of imidazole rings is 1. The van der Waals surface area contributed by atoms with Crippen molar-refractivity contribution >= 4 is 17.4 Å². The molecule has 3 rings (SSSR count). The van der Waals surface area contributed by atoms with Crippen LogP contribution in [-0.2, 0) is 0 Å². The molecule has 12 heavy (non-hydrogen) atoms. The lowest BCUT2D eigenvalue weighted by Gasteiger charge is -2.06. The molecule has 2 aromatic rings. The highest BCUT2D eigenvalue weighted by atomic mass is 16.5. The third kappa shape index (κ3) is 0.554. The third-order valence-corrected chi connectivity index (χ3v) is 1.73. The van der Waals surface area contributed by atoms with Crippen LogP contribution >= 0.6 is 0 Å². The second-order valence-corrected chi connectivity index (χ2v) is 2.41. The van der Waals surface area contributed by atoms with Gasteiger partial charge < -0.3 is 4.74 Å². The second kappa shape index (κ2) is 1.82. The first-order valence-corrected chi connectivity index (χ1v) is 3.46. The van der Waals surface area contributed by atoms with Gasteiger partial charge in [0.15, 0.2) is 11.2 Å². The lowest BCUT2D eigenvalue weighted by molar-refractivity contribution is 0.461. The van der Waals surface area contributed by atoms with Crippen LogP contribution in [0.15, 0.2) is 18.9 Å². The zero-order valence-electron chi connectivity index (χ0n) is 6.01. The maximum absolute atomic E-state index is 5.16. The molecule has 0 amide bonds. The van der Waals surface area contributed by atoms with Crippen molar-refractivity contribution < 1.29 is 4.74 Å². The normalized spacial score (nSPS) is 13.3. The van der Waals surface area contributed by atoms with E-state index in [4.69, 9.17) is 4.74 Å². The Labute approximate surface area is 67.3 Å². The van der Waals surface area contributed by atoms with Gasteiger partial charge >= 0.3 is 0 Å². The number of hydrogen-bond donors (Lipinski definition) is 0. The number of nitrogens with zero attached hydrogens (tertiary/aromatic N) is 4. The van der Waals surface area contributed by atoms with Crippen LogP contribution in [0.1, 0.15) is 0 Å². The van der Waals surface area contributed by atoms with Gasteiger partial charge in [0.05, 0.1) is 0 Å². The van der Waals surface area contributed by atoms with Crippen molar-refractivity contribution in [3.63, 3.8) is 0 Å². The molecule has 0 fully saturated rings. The van der Waals surface area contributed by atoms with E-state index in [2.05, 4.69) is 15.0 Å². The molecular weight excluding hydrogens is 156 g/mol. The van der Waals surface area contributed by atoms with Gasteiger partial charge in [-0.3, -0.25) is 4.57 Å². The minimum atomic E-state index is 0.556. The van der Waals surface area contributed by atoms with E-state index in [1.165, 1.54) is 6.33 Å². The fourth-order valence-electron chi connectivity index (χ4n) is 1.21. The molecule has 5 heteroatoms. The van der Waals surface area contributed by atoms with E-state index in [0.717, 1.165) is 5.52 Å². The monoisotopic (exact) mass is 160 g/mol. The summed E-state index contributed by atoms with van der Waals surface area (Å²) in [7, 11) is 0. The van der Waals surface area contributed by atoms with E-state index in [1.54, 1.807) is 18.8 Å². The number of rotatable bonds is 0. The molecule has 0 atom stereocenters. The van der Waals surface area contributed by atoms with Gasteiger partial charge in [0.1, 0.15) is 18.9 Å². The lowest BCUT2D eigenvalue weighted by atomic mass is 10.5. The summed E-state index contributed by atoms with van der Waals surface area (Å²) in [5, 5.41) is 0. The van der Waals surface area contributed by atoms with Gasteiger partial charge in [-0.1, -0.05) is 0 Å². The molecule has 1 aliphatic rings. The average molecular weight is 160 g/mol. The van der Waals surface area contributed by atoms with Crippen LogP contribution < -0.4 is 4.74 Å². The van der Waals surface area contributed by atoms with Gasteiger partial charge in [-0.2, -0.15) is 4.98 Å². The van der Waals surface area contributed by atoms with Crippen LogP contribution in [0, 0.1) is 0 Å². The van der Waals surface area contributed by atoms with E-state index in [1.807, 2.05) is 4.57 Å². The van der Waals surface area contributed by atoms with Crippen LogP contribution in [0.5, 0.6) is 5.88 Å². The molecule has 0 N–H and O–H groups in total. The topological polar surface area (TPSA) is 52.8 Å². The molecule has 58 valence electrons. The Morgan fingerprint density at radius 3 is 3.25 bits per heavy atom. The van der Waals surface area contributed by atoms with Gasteiger partial charge in [0.25, 0.3) is 0 Å². The molecule has 3 heterocycles. The minimum Gasteiger partial charge on any atom is -0.443 e. The van der Waals surface area contributed by atoms with Gasteiger partial charge in [-0.05, 0) is 0 Å². The highest BCUT2D eigenvalue weighted by Gasteiger charge is 2.12. The van der Waals surface area contributed by atoms with E-state index >= 15 is 0 Å². The number of ether oxygens (including phenoxy) is 1. The quantitative estimate of drug-likeness (QED) is 0.567. The fourth-order valence-corrected chi connectivity index (χ4v) is 1.21. The first kappa shape index (κ1) is 5.70. The van der Waals surface area contributed by atoms with Crippen LogP contribution in [0.2, 0.25) is 0 Å². The Morgan fingerprint density at radius 1 is 1.25 bits per heavy atom. The van der Waals surface area contributed by atoms with Gasteiger partial charge in [-0.15, -0.1) is 0 Å². The zero-order chi connectivity index (χ0) is 7.97. The summed E-state index contributed by atoms with van der Waals surface area (Å²) in [6.07, 6.45) is 6.46. The molecule has 2 aromatic heterocycles. The van der Waals surface area contributed by atoms with Crippen molar-refractivity contribution in [2.45, 2.75) is 0 Å². The van der Waals surface area contributed by atoms with Crippen molar-refractivity contribution in [3.8, 4) is 5.88 Å². The maximum Gasteiger partial charge on any atom is 0.248 e. The summed E-state index contributed by atoms with van der Waals surface area (Å²) in [6.45, 7) is 0. The number of hydrogen-bond acceptors (Lipinski definition) is 4. The van der Waals surface area contributed by atoms with Crippen LogP contribution in [0.25, 0.3) is 17.4 Å². The van der Waals surface area contributed by atoms with E-state index in [9.17, 15) is 0 Å². The molecule has 0 spiro atoms. The molecule has 5 nitrogen and oxygen atoms in total. The summed E-state index contributed by atoms with van der Waals surface area (Å²) in [5.74, 6) is 0.556. The van der Waals surface area contributed by atoms with Crippen LogP contribution in [-0.4, -0.2) is 19.5 Å². The smallest absolute Gasteiger partial charge is 0.248 e. The highest BCUT2D eigenvalue weighted by molar-refractivity contribution is 5.79. The van der Waals surface area contributed by atoms with E-state index < -0.39 is 0 Å². The SMILES string of the molecule is C1=Cn2cnc3ncnc(c32)O1. The standard InChI is InChI=1S/C7H4N4O/c1-2-12-7-5-6(8-3-9-7)10-4-11(1)5/h1-4H. The predicted octanol–water partition coefficient (Wildman–Crippen LogP) is 0.647. The van der Waals surface area contributed by atoms with Crippen molar-refractivity contribution in [3.05, 3.63) is 18.9 Å². The second-order valence-electron chi connectivity index (χ2n) is 2.41. The van der Waals surface area contributed by atoms with Gasteiger partial charge in [0, 0.05) is 6.20 Å². The minimum absolute atomic E-state index is 0.556. The van der Waals surface area contributed by atoms with Crippen molar-refractivity contribution in [2.75, 3.05) is 0 Å². The van der Waals surface area contributed by atoms with Gasteiger partial charge in [0.2, 0.25) is 5.88 Å². The maximum atomic E-state index is 5.16. The molecule has 1 aliphatic heterocycles. The highest BCUT2D eigenvalue weighted by Crippen LogP contribution is 2.23. The largest absolute Gasteiger partial charge is 0.443 e. The van der Waals surface area contributed by atoms with E-state index in [-0.39, 0.29) is 0 Å². The number of aromatic nitrogens is 4. The molecule has 0 aliphatic carbocycles. The van der Waals surface area contributed by atoms with Crippen LogP contribution in [0.3, 0.4) is 0 Å². The predicted molar refractivity (Wildman–Crippen MR) is 41.3 cm³/mol. The molecule has 0 unspecified atom stereocenters. The summed E-state index contributed by atoms with van der Waals surface area (Å²) in [6, 6.07) is 0. The molecule has 0 radical (unpaired) electrons. The first-order chi connectivity index (χ1) is 5.95. The fraction of sp³-hybridized carbons (Fsp3) is 0. The van der Waals surface area contributed by atoms with Crippen molar-refractivity contribution in [2.24, 2.45) is 0 Å². The summed E-state index contributed by atoms with van der Waals surface area (Å²) < 4.78 is 6.99. The third-order valence-electron chi connectivity index (χ3n) is 1.73. The Hall–Kier alpha value is -1.91. The van der Waals surface area contributed by atoms with Crippen LogP contribution in [0.4, 0.5) is 0 Å². The summed E-state index contributed by atoms with van der Waals surface area (Å²) >= 11 is 0. The van der Waals surface area contributed by atoms with E-state index in [0.29, 0.717) is 11.5 Å². The zero-order valence-corrected chi connectivity index (χ0v) is 6.01. The van der Waals surface area contributed by atoms with Crippen molar-refractivity contribution in [1.82, 2.24) is 19.5 Å². The summed E-state index contributed by atoms with van der Waals surface area (Å²) in [5.41, 5.74) is 1.48. The van der Waals surface area contributed by atoms with Gasteiger partial charge in [-0.25, -0.2) is 9.97 Å². The first-order valence-electron chi connectivity index (χ1n) is 3.46. The average Bonchev–Trinajstić information content (AvgIpc) is 2.52. The molecular formula is C7H4N4O. The van der Waals surface area contributed by atoms with Crippen molar-refractivity contribution in [1.29, 1.82) is 0 Å². The Bertz CT molecular complexity index is 473. The Balaban J connectivity index is 2.57. The lowest BCUT2D eigenvalue weighted by Crippen LogP contribution is -1.98. The Kier molecular flexibility index (Phi) is 0.864. The molecule has 0 saturated carbocycles. The molecule has 0 bridgehead atoms. The Morgan fingerprint density at radius 2 is 2.25 bits per heavy atom. The molecule has 0 saturated heterocycles.